The Morgan fingerprint density at radius 3 is 2.08 bits per heavy atom. The van der Waals surface area contributed by atoms with Crippen molar-refractivity contribution in [2.75, 3.05) is 14.2 Å². The number of fused-ring (bicyclic) bond motifs is 1. The lowest BCUT2D eigenvalue weighted by molar-refractivity contribution is 0.356. The van der Waals surface area contributed by atoms with Gasteiger partial charge in [0, 0.05) is 17.0 Å². The summed E-state index contributed by atoms with van der Waals surface area (Å²) in [6.07, 6.45) is 0. The zero-order valence-electron chi connectivity index (χ0n) is 14.7. The smallest absolute Gasteiger partial charge is 0.162 e. The zero-order valence-corrected chi connectivity index (χ0v) is 14.7. The van der Waals surface area contributed by atoms with Gasteiger partial charge in [-0.25, -0.2) is 0 Å². The predicted molar refractivity (Wildman–Crippen MR) is 97.6 cm³/mol. The van der Waals surface area contributed by atoms with Crippen molar-refractivity contribution in [3.8, 4) is 28.7 Å². The van der Waals surface area contributed by atoms with Crippen LogP contribution in [0.5, 0.6) is 11.5 Å². The van der Waals surface area contributed by atoms with Crippen LogP contribution >= 0.6 is 0 Å². The van der Waals surface area contributed by atoms with Crippen LogP contribution in [-0.2, 0) is 0 Å². The number of H-pyrrole nitrogens is 1. The molecule has 0 bridgehead atoms. The average molecular weight is 322 g/mol. The van der Waals surface area contributed by atoms with Crippen LogP contribution in [0, 0.1) is 18.3 Å². The number of nitrogens with one attached hydrogen (secondary N) is 1. The summed E-state index contributed by atoms with van der Waals surface area (Å²) in [5.74, 6) is 1.28. The third kappa shape index (κ3) is 3.07. The first-order chi connectivity index (χ1) is 11.7. The second kappa shape index (κ2) is 7.56. The van der Waals surface area contributed by atoms with E-state index in [2.05, 4.69) is 11.1 Å². The van der Waals surface area contributed by atoms with Crippen LogP contribution in [0.3, 0.4) is 0 Å². The van der Waals surface area contributed by atoms with Crippen molar-refractivity contribution in [1.82, 2.24) is 4.98 Å². The average Bonchev–Trinajstić information content (AvgIpc) is 3.00. The molecule has 3 aromatic rings. The molecule has 0 aliphatic heterocycles. The highest BCUT2D eigenvalue weighted by molar-refractivity contribution is 6.00. The molecule has 0 saturated heterocycles. The van der Waals surface area contributed by atoms with Crippen molar-refractivity contribution in [1.29, 1.82) is 5.26 Å². The van der Waals surface area contributed by atoms with Gasteiger partial charge in [0.1, 0.15) is 11.8 Å². The summed E-state index contributed by atoms with van der Waals surface area (Å²) >= 11 is 0. The number of nitrogens with zero attached hydrogens (tertiary/aromatic N) is 1. The third-order valence-electron chi connectivity index (χ3n) is 3.75. The number of rotatable bonds is 3. The molecule has 0 unspecified atom stereocenters. The number of nitriles is 1. The van der Waals surface area contributed by atoms with Gasteiger partial charge < -0.3 is 14.5 Å². The van der Waals surface area contributed by atoms with Crippen LogP contribution in [-0.4, -0.2) is 19.2 Å². The van der Waals surface area contributed by atoms with E-state index in [1.807, 2.05) is 57.2 Å². The normalized spacial score (nSPS) is 9.83. The number of aromatic nitrogens is 1. The molecule has 0 fully saturated rings. The monoisotopic (exact) mass is 322 g/mol. The molecule has 1 N–H and O–H groups in total. The summed E-state index contributed by atoms with van der Waals surface area (Å²) < 4.78 is 10.7. The van der Waals surface area contributed by atoms with Crippen molar-refractivity contribution >= 4 is 10.9 Å². The van der Waals surface area contributed by atoms with E-state index in [-0.39, 0.29) is 0 Å². The lowest BCUT2D eigenvalue weighted by atomic mass is 10.0. The molecule has 0 aliphatic carbocycles. The highest BCUT2D eigenvalue weighted by atomic mass is 16.5. The Bertz CT molecular complexity index is 871. The molecule has 0 atom stereocenters. The summed E-state index contributed by atoms with van der Waals surface area (Å²) in [5.41, 5.74) is 4.46. The standard InChI is InChI=1S/C18H16N2O2.C2H6/c1-11-4-6-12(7-5-11)18-13-8-16(21-2)17(22-3)9-14(13)20-15(18)10-19;1-2/h4-9,20H,1-3H3;1-2H3. The molecule has 24 heavy (non-hydrogen) atoms. The minimum Gasteiger partial charge on any atom is -0.493 e. The van der Waals surface area contributed by atoms with Gasteiger partial charge in [-0.1, -0.05) is 43.7 Å². The van der Waals surface area contributed by atoms with Gasteiger partial charge in [-0.15, -0.1) is 0 Å². The van der Waals surface area contributed by atoms with Gasteiger partial charge in [0.25, 0.3) is 0 Å². The summed E-state index contributed by atoms with van der Waals surface area (Å²) in [5, 5.41) is 10.4. The highest BCUT2D eigenvalue weighted by Gasteiger charge is 2.16. The zero-order chi connectivity index (χ0) is 17.7. The number of ether oxygens (including phenoxy) is 2. The van der Waals surface area contributed by atoms with E-state index >= 15 is 0 Å². The number of benzene rings is 2. The van der Waals surface area contributed by atoms with E-state index in [4.69, 9.17) is 9.47 Å². The number of methoxy groups -OCH3 is 2. The molecule has 3 rings (SSSR count). The largest absolute Gasteiger partial charge is 0.493 e. The van der Waals surface area contributed by atoms with E-state index in [0.29, 0.717) is 17.2 Å². The maximum atomic E-state index is 9.44. The van der Waals surface area contributed by atoms with E-state index in [1.165, 1.54) is 5.56 Å². The molecular weight excluding hydrogens is 300 g/mol. The van der Waals surface area contributed by atoms with Crippen LogP contribution in [0.15, 0.2) is 36.4 Å². The second-order valence-corrected chi connectivity index (χ2v) is 5.11. The van der Waals surface area contributed by atoms with Gasteiger partial charge in [-0.2, -0.15) is 5.26 Å². The summed E-state index contributed by atoms with van der Waals surface area (Å²) in [4.78, 5) is 3.16. The summed E-state index contributed by atoms with van der Waals surface area (Å²) in [7, 11) is 3.20. The van der Waals surface area contributed by atoms with Crippen molar-refractivity contribution < 1.29 is 9.47 Å². The minimum atomic E-state index is 0.536. The molecular formula is C20H22N2O2. The van der Waals surface area contributed by atoms with Gasteiger partial charge in [-0.05, 0) is 18.6 Å². The topological polar surface area (TPSA) is 58.0 Å². The van der Waals surface area contributed by atoms with Crippen LogP contribution in [0.2, 0.25) is 0 Å². The summed E-state index contributed by atoms with van der Waals surface area (Å²) in [6, 6.07) is 14.1. The Hall–Kier alpha value is -2.93. The van der Waals surface area contributed by atoms with E-state index in [9.17, 15) is 5.26 Å². The fraction of sp³-hybridized carbons (Fsp3) is 0.250. The van der Waals surface area contributed by atoms with Crippen molar-refractivity contribution in [2.24, 2.45) is 0 Å². The van der Waals surface area contributed by atoms with Crippen LogP contribution in [0.1, 0.15) is 25.1 Å². The van der Waals surface area contributed by atoms with Gasteiger partial charge in [-0.3, -0.25) is 0 Å². The van der Waals surface area contributed by atoms with Gasteiger partial charge in [0.2, 0.25) is 0 Å². The molecule has 4 heteroatoms. The van der Waals surface area contributed by atoms with E-state index in [1.54, 1.807) is 14.2 Å². The maximum absolute atomic E-state index is 9.44. The molecule has 2 aromatic carbocycles. The molecule has 0 radical (unpaired) electrons. The highest BCUT2D eigenvalue weighted by Crippen LogP contribution is 2.38. The molecule has 0 aliphatic rings. The Balaban J connectivity index is 0.00000100. The predicted octanol–water partition coefficient (Wildman–Crippen LogP) is 5.06. The SMILES string of the molecule is CC.COc1cc2[nH]c(C#N)c(-c3ccc(C)cc3)c2cc1OC. The first-order valence-corrected chi connectivity index (χ1v) is 7.92. The van der Waals surface area contributed by atoms with E-state index < -0.39 is 0 Å². The molecule has 0 spiro atoms. The Morgan fingerprint density at radius 1 is 0.958 bits per heavy atom. The van der Waals surface area contributed by atoms with Crippen LogP contribution in [0.25, 0.3) is 22.0 Å². The fourth-order valence-electron chi connectivity index (χ4n) is 2.62. The summed E-state index contributed by atoms with van der Waals surface area (Å²) in [6.45, 7) is 6.04. The van der Waals surface area contributed by atoms with Gasteiger partial charge in [0.05, 0.1) is 19.7 Å². The van der Waals surface area contributed by atoms with Crippen LogP contribution in [0.4, 0.5) is 0 Å². The lowest BCUT2D eigenvalue weighted by Crippen LogP contribution is -1.90. The Morgan fingerprint density at radius 2 is 1.54 bits per heavy atom. The first-order valence-electron chi connectivity index (χ1n) is 7.92. The molecule has 4 nitrogen and oxygen atoms in total. The quantitative estimate of drug-likeness (QED) is 0.733. The Labute approximate surface area is 142 Å². The lowest BCUT2D eigenvalue weighted by Gasteiger charge is -2.08. The molecule has 0 amide bonds. The van der Waals surface area contributed by atoms with Crippen molar-refractivity contribution in [3.05, 3.63) is 47.7 Å². The van der Waals surface area contributed by atoms with Gasteiger partial charge in [0.15, 0.2) is 11.5 Å². The maximum Gasteiger partial charge on any atom is 0.162 e. The van der Waals surface area contributed by atoms with Gasteiger partial charge >= 0.3 is 0 Å². The number of aromatic amines is 1. The first kappa shape index (κ1) is 17.4. The van der Waals surface area contributed by atoms with Crippen molar-refractivity contribution in [3.63, 3.8) is 0 Å². The minimum absolute atomic E-state index is 0.536. The molecule has 1 heterocycles. The fourth-order valence-corrected chi connectivity index (χ4v) is 2.62. The molecule has 124 valence electrons. The number of hydrogen-bond acceptors (Lipinski definition) is 3. The molecule has 0 saturated carbocycles. The van der Waals surface area contributed by atoms with Crippen LogP contribution < -0.4 is 9.47 Å². The third-order valence-corrected chi connectivity index (χ3v) is 3.75. The number of aryl methyl sites for hydroxylation is 1. The second-order valence-electron chi connectivity index (χ2n) is 5.11. The van der Waals surface area contributed by atoms with E-state index in [0.717, 1.165) is 22.0 Å². The Kier molecular flexibility index (Phi) is 5.49. The van der Waals surface area contributed by atoms with Crippen molar-refractivity contribution in [2.45, 2.75) is 20.8 Å². The number of hydrogen-bond donors (Lipinski definition) is 1. The molecule has 1 aromatic heterocycles.